The summed E-state index contributed by atoms with van der Waals surface area (Å²) in [4.78, 5) is 12.8. The first-order valence-corrected chi connectivity index (χ1v) is 8.09. The number of Topliss-reactive ketones (excluding diaryl/α,β-unsaturated/α-hetero) is 1. The van der Waals surface area contributed by atoms with Crippen LogP contribution in [-0.2, 0) is 9.53 Å². The Kier molecular flexibility index (Phi) is 4.14. The van der Waals surface area contributed by atoms with Gasteiger partial charge >= 0.3 is 0 Å². The molecule has 1 aliphatic heterocycles. The van der Waals surface area contributed by atoms with Crippen molar-refractivity contribution >= 4 is 5.78 Å². The largest absolute Gasteiger partial charge is 0.375 e. The number of rotatable bonds is 4. The highest BCUT2D eigenvalue weighted by Gasteiger charge is 2.45. The number of benzene rings is 1. The van der Waals surface area contributed by atoms with Crippen molar-refractivity contribution in [3.63, 3.8) is 0 Å². The molecule has 3 nitrogen and oxygen atoms in total. The zero-order chi connectivity index (χ0) is 14.9. The topological polar surface area (TPSA) is 52.3 Å². The second kappa shape index (κ2) is 5.90. The highest BCUT2D eigenvalue weighted by molar-refractivity contribution is 5.84. The molecule has 2 aliphatic rings. The first-order chi connectivity index (χ1) is 10.1. The van der Waals surface area contributed by atoms with Crippen LogP contribution in [0.1, 0.15) is 50.6 Å². The number of hydrogen-bond acceptors (Lipinski definition) is 3. The molecule has 1 saturated heterocycles. The lowest BCUT2D eigenvalue weighted by Crippen LogP contribution is -2.48. The van der Waals surface area contributed by atoms with Gasteiger partial charge in [-0.25, -0.2) is 0 Å². The summed E-state index contributed by atoms with van der Waals surface area (Å²) in [7, 11) is 0. The van der Waals surface area contributed by atoms with Crippen LogP contribution in [0.25, 0.3) is 0 Å². The number of ether oxygens (including phenoxy) is 1. The van der Waals surface area contributed by atoms with Crippen molar-refractivity contribution in [2.45, 2.75) is 50.7 Å². The summed E-state index contributed by atoms with van der Waals surface area (Å²) in [6, 6.07) is 9.73. The number of ketones is 1. The van der Waals surface area contributed by atoms with Crippen LogP contribution >= 0.6 is 0 Å². The lowest BCUT2D eigenvalue weighted by molar-refractivity contribution is -0.157. The van der Waals surface area contributed by atoms with E-state index in [0.29, 0.717) is 5.78 Å². The maximum absolute atomic E-state index is 12.8. The molecule has 0 amide bonds. The Morgan fingerprint density at radius 3 is 2.67 bits per heavy atom. The minimum atomic E-state index is -0.209. The monoisotopic (exact) mass is 287 g/mol. The van der Waals surface area contributed by atoms with Crippen LogP contribution in [-0.4, -0.2) is 18.0 Å². The summed E-state index contributed by atoms with van der Waals surface area (Å²) >= 11 is 0. The van der Waals surface area contributed by atoms with Crippen LogP contribution in [0.2, 0.25) is 0 Å². The van der Waals surface area contributed by atoms with Gasteiger partial charge in [-0.3, -0.25) is 4.79 Å². The van der Waals surface area contributed by atoms with Gasteiger partial charge in [-0.15, -0.1) is 0 Å². The fourth-order valence-electron chi connectivity index (χ4n) is 3.70. The molecule has 21 heavy (non-hydrogen) atoms. The molecule has 1 aromatic carbocycles. The molecular formula is C18H25NO2. The summed E-state index contributed by atoms with van der Waals surface area (Å²) in [5.41, 5.74) is 7.38. The van der Waals surface area contributed by atoms with E-state index in [9.17, 15) is 4.79 Å². The van der Waals surface area contributed by atoms with Crippen LogP contribution < -0.4 is 5.73 Å². The zero-order valence-electron chi connectivity index (χ0n) is 12.8. The Labute approximate surface area is 126 Å². The number of nitrogens with two attached hydrogens (primary N) is 1. The minimum absolute atomic E-state index is 0.0230. The molecule has 0 bridgehead atoms. The third-order valence-corrected chi connectivity index (χ3v) is 5.33. The van der Waals surface area contributed by atoms with Crippen molar-refractivity contribution in [3.8, 4) is 0 Å². The Morgan fingerprint density at radius 2 is 2.05 bits per heavy atom. The second-order valence-electron chi connectivity index (χ2n) is 6.70. The van der Waals surface area contributed by atoms with Crippen molar-refractivity contribution in [1.82, 2.24) is 0 Å². The molecule has 3 heteroatoms. The predicted molar refractivity (Wildman–Crippen MR) is 82.8 cm³/mol. The second-order valence-corrected chi connectivity index (χ2v) is 6.70. The van der Waals surface area contributed by atoms with Gasteiger partial charge in [0.05, 0.1) is 5.60 Å². The lowest BCUT2D eigenvalue weighted by Gasteiger charge is -2.47. The molecule has 1 saturated carbocycles. The van der Waals surface area contributed by atoms with Gasteiger partial charge in [0, 0.05) is 24.5 Å². The van der Waals surface area contributed by atoms with Gasteiger partial charge in [0.25, 0.3) is 0 Å². The van der Waals surface area contributed by atoms with Gasteiger partial charge in [-0.05, 0) is 37.7 Å². The maximum Gasteiger partial charge on any atom is 0.140 e. The highest BCUT2D eigenvalue weighted by Crippen LogP contribution is 2.45. The Morgan fingerprint density at radius 1 is 1.33 bits per heavy atom. The fraction of sp³-hybridized carbons (Fsp3) is 0.611. The summed E-state index contributed by atoms with van der Waals surface area (Å²) in [5.74, 6) is 0.317. The van der Waals surface area contributed by atoms with E-state index in [4.69, 9.17) is 10.5 Å². The highest BCUT2D eigenvalue weighted by atomic mass is 16.5. The van der Waals surface area contributed by atoms with E-state index in [1.807, 2.05) is 37.3 Å². The molecule has 2 N–H and O–H groups in total. The van der Waals surface area contributed by atoms with Crippen molar-refractivity contribution < 1.29 is 9.53 Å². The lowest BCUT2D eigenvalue weighted by atomic mass is 9.69. The molecule has 0 radical (unpaired) electrons. The first kappa shape index (κ1) is 14.7. The van der Waals surface area contributed by atoms with Gasteiger partial charge < -0.3 is 10.5 Å². The van der Waals surface area contributed by atoms with Gasteiger partial charge in [0.15, 0.2) is 0 Å². The molecule has 0 aromatic heterocycles. The minimum Gasteiger partial charge on any atom is -0.375 e. The van der Waals surface area contributed by atoms with E-state index in [1.165, 1.54) is 6.42 Å². The maximum atomic E-state index is 12.8. The van der Waals surface area contributed by atoms with E-state index in [1.54, 1.807) is 0 Å². The summed E-state index contributed by atoms with van der Waals surface area (Å²) < 4.78 is 5.92. The molecule has 1 aromatic rings. The van der Waals surface area contributed by atoms with Crippen molar-refractivity contribution in [1.29, 1.82) is 0 Å². The Balaban J connectivity index is 1.66. The summed E-state index contributed by atoms with van der Waals surface area (Å²) in [6.45, 7) is 2.70. The molecule has 3 atom stereocenters. The molecule has 114 valence electrons. The smallest absolute Gasteiger partial charge is 0.140 e. The number of hydrogen-bond donors (Lipinski definition) is 1. The third-order valence-electron chi connectivity index (χ3n) is 5.33. The number of carbonyl (C=O) groups is 1. The average Bonchev–Trinajstić information content (AvgIpc) is 2.52. The first-order valence-electron chi connectivity index (χ1n) is 8.09. The molecule has 2 fully saturated rings. The molecule has 1 heterocycles. The molecular weight excluding hydrogens is 262 g/mol. The summed E-state index contributed by atoms with van der Waals surface area (Å²) in [5, 5.41) is 0. The molecule has 1 spiro atoms. The quantitative estimate of drug-likeness (QED) is 0.925. The van der Waals surface area contributed by atoms with E-state index in [0.717, 1.165) is 37.9 Å². The van der Waals surface area contributed by atoms with E-state index in [-0.39, 0.29) is 23.5 Å². The zero-order valence-corrected chi connectivity index (χ0v) is 12.8. The van der Waals surface area contributed by atoms with E-state index >= 15 is 0 Å². The SMILES string of the molecule is CC(C(=O)C1CCOC2(CCC2)C1)C(N)c1ccccc1. The fourth-order valence-corrected chi connectivity index (χ4v) is 3.70. The standard InChI is InChI=1S/C18H25NO2/c1-13(16(19)14-6-3-2-4-7-14)17(20)15-8-11-21-18(12-15)9-5-10-18/h2-4,6-7,13,15-16H,5,8-12,19H2,1H3. The Bertz CT molecular complexity index is 495. The predicted octanol–water partition coefficient (Wildman–Crippen LogP) is 3.24. The molecule has 1 aliphatic carbocycles. The van der Waals surface area contributed by atoms with Crippen molar-refractivity contribution in [2.75, 3.05) is 6.61 Å². The van der Waals surface area contributed by atoms with Crippen LogP contribution in [0.5, 0.6) is 0 Å². The van der Waals surface area contributed by atoms with Crippen LogP contribution in [0.4, 0.5) is 0 Å². The average molecular weight is 287 g/mol. The molecule has 3 unspecified atom stereocenters. The van der Waals surface area contributed by atoms with E-state index < -0.39 is 0 Å². The molecule has 3 rings (SSSR count). The number of carbonyl (C=O) groups excluding carboxylic acids is 1. The van der Waals surface area contributed by atoms with E-state index in [2.05, 4.69) is 0 Å². The van der Waals surface area contributed by atoms with Crippen LogP contribution in [0.3, 0.4) is 0 Å². The van der Waals surface area contributed by atoms with Crippen LogP contribution in [0.15, 0.2) is 30.3 Å². The van der Waals surface area contributed by atoms with Gasteiger partial charge in [-0.1, -0.05) is 37.3 Å². The van der Waals surface area contributed by atoms with Crippen molar-refractivity contribution in [2.24, 2.45) is 17.6 Å². The Hall–Kier alpha value is -1.19. The summed E-state index contributed by atoms with van der Waals surface area (Å²) in [6.07, 6.45) is 5.23. The van der Waals surface area contributed by atoms with Gasteiger partial charge in [0.2, 0.25) is 0 Å². The van der Waals surface area contributed by atoms with Gasteiger partial charge in [0.1, 0.15) is 5.78 Å². The van der Waals surface area contributed by atoms with Crippen molar-refractivity contribution in [3.05, 3.63) is 35.9 Å². The van der Waals surface area contributed by atoms with Crippen LogP contribution in [0, 0.1) is 11.8 Å². The van der Waals surface area contributed by atoms with Gasteiger partial charge in [-0.2, -0.15) is 0 Å². The normalized spacial score (nSPS) is 26.9. The third kappa shape index (κ3) is 2.90.